The van der Waals surface area contributed by atoms with Crippen LogP contribution in [0.25, 0.3) is 22.0 Å². The van der Waals surface area contributed by atoms with E-state index >= 15 is 0 Å². The molecule has 0 bridgehead atoms. The van der Waals surface area contributed by atoms with E-state index in [1.165, 1.54) is 5.56 Å². The molecule has 1 aliphatic rings. The van der Waals surface area contributed by atoms with E-state index in [9.17, 15) is 4.79 Å². The summed E-state index contributed by atoms with van der Waals surface area (Å²) in [5.74, 6) is 0.0725. The lowest BCUT2D eigenvalue weighted by Gasteiger charge is -2.27. The van der Waals surface area contributed by atoms with Gasteiger partial charge in [0.15, 0.2) is 0 Å². The number of nitrogens with one attached hydrogen (secondary N) is 1. The van der Waals surface area contributed by atoms with E-state index in [1.54, 1.807) is 6.07 Å². The summed E-state index contributed by atoms with van der Waals surface area (Å²) < 4.78 is 0. The van der Waals surface area contributed by atoms with Crippen LogP contribution in [0.5, 0.6) is 0 Å². The van der Waals surface area contributed by atoms with Crippen LogP contribution in [0.15, 0.2) is 42.7 Å². The highest BCUT2D eigenvalue weighted by molar-refractivity contribution is 5.85. The molecule has 0 saturated carbocycles. The smallest absolute Gasteiger partial charge is 0.220 e. The second-order valence-electron chi connectivity index (χ2n) is 6.84. The molecule has 1 atom stereocenters. The number of nitriles is 1. The van der Waals surface area contributed by atoms with Crippen LogP contribution in [0.2, 0.25) is 0 Å². The fourth-order valence-corrected chi connectivity index (χ4v) is 3.77. The number of carbonyl (C=O) groups excluding carboxylic acids is 1. The molecule has 0 unspecified atom stereocenters. The Kier molecular flexibility index (Phi) is 4.55. The first-order valence-corrected chi connectivity index (χ1v) is 9.27. The maximum Gasteiger partial charge on any atom is 0.220 e. The van der Waals surface area contributed by atoms with Crippen molar-refractivity contribution >= 4 is 16.8 Å². The molecule has 4 rings (SSSR count). The fraction of sp³-hybridized carbons (Fsp3) is 0.273. The van der Waals surface area contributed by atoms with E-state index < -0.39 is 0 Å². The van der Waals surface area contributed by atoms with Crippen molar-refractivity contribution < 1.29 is 4.79 Å². The Morgan fingerprint density at radius 1 is 1.30 bits per heavy atom. The van der Waals surface area contributed by atoms with Crippen LogP contribution >= 0.6 is 0 Å². The number of aromatic nitrogens is 2. The fourth-order valence-electron chi connectivity index (χ4n) is 3.77. The first-order valence-electron chi connectivity index (χ1n) is 9.27. The third-order valence-electron chi connectivity index (χ3n) is 5.16. The largest absolute Gasteiger partial charge is 0.349 e. The van der Waals surface area contributed by atoms with Gasteiger partial charge in [0.2, 0.25) is 5.91 Å². The van der Waals surface area contributed by atoms with Crippen molar-refractivity contribution in [3.05, 3.63) is 59.5 Å². The van der Waals surface area contributed by atoms with Gasteiger partial charge in [-0.1, -0.05) is 13.0 Å². The Morgan fingerprint density at radius 3 is 3.00 bits per heavy atom. The normalized spacial score (nSPS) is 15.8. The van der Waals surface area contributed by atoms with E-state index in [2.05, 4.69) is 27.4 Å². The first kappa shape index (κ1) is 17.2. The van der Waals surface area contributed by atoms with Gasteiger partial charge in [-0.2, -0.15) is 5.26 Å². The van der Waals surface area contributed by atoms with Crippen molar-refractivity contribution in [1.29, 1.82) is 5.26 Å². The third-order valence-corrected chi connectivity index (χ3v) is 5.16. The summed E-state index contributed by atoms with van der Waals surface area (Å²) in [5.41, 5.74) is 5.80. The van der Waals surface area contributed by atoms with Crippen LogP contribution in [0.4, 0.5) is 0 Å². The van der Waals surface area contributed by atoms with Gasteiger partial charge in [0.05, 0.1) is 11.6 Å². The van der Waals surface area contributed by atoms with Crippen LogP contribution in [0, 0.1) is 11.3 Å². The van der Waals surface area contributed by atoms with Crippen LogP contribution in [0.1, 0.15) is 49.0 Å². The molecular formula is C22H20N4O. The summed E-state index contributed by atoms with van der Waals surface area (Å²) in [6, 6.07) is 11.8. The number of benzene rings is 1. The van der Waals surface area contributed by atoms with Crippen molar-refractivity contribution in [1.82, 2.24) is 15.3 Å². The zero-order valence-electron chi connectivity index (χ0n) is 15.2. The standard InChI is InChI=1S/C22H20N4O/c1-2-22(27)26-21-5-3-4-17-18(12-24-13-19(17)21)14-7-9-20-15(10-14)6-8-16(11-23)25-20/h6-10,12-13,21H,2-5H2,1H3,(H,26,27)/t21-/m1/s1. The molecule has 1 N–H and O–H groups in total. The van der Waals surface area contributed by atoms with E-state index in [1.807, 2.05) is 37.5 Å². The maximum absolute atomic E-state index is 11.9. The van der Waals surface area contributed by atoms with Gasteiger partial charge >= 0.3 is 0 Å². The summed E-state index contributed by atoms with van der Waals surface area (Å²) in [6.07, 6.45) is 7.25. The predicted octanol–water partition coefficient (Wildman–Crippen LogP) is 4.07. The average Bonchev–Trinajstić information content (AvgIpc) is 2.72. The van der Waals surface area contributed by atoms with Gasteiger partial charge in [0.1, 0.15) is 11.8 Å². The highest BCUT2D eigenvalue weighted by Gasteiger charge is 2.24. The predicted molar refractivity (Wildman–Crippen MR) is 104 cm³/mol. The lowest BCUT2D eigenvalue weighted by atomic mass is 9.84. The molecule has 27 heavy (non-hydrogen) atoms. The van der Waals surface area contributed by atoms with Crippen LogP contribution in [0.3, 0.4) is 0 Å². The van der Waals surface area contributed by atoms with Gasteiger partial charge < -0.3 is 5.32 Å². The Morgan fingerprint density at radius 2 is 2.19 bits per heavy atom. The van der Waals surface area contributed by atoms with E-state index in [0.717, 1.165) is 46.9 Å². The molecule has 1 aliphatic carbocycles. The van der Waals surface area contributed by atoms with Crippen molar-refractivity contribution in [2.24, 2.45) is 0 Å². The summed E-state index contributed by atoms with van der Waals surface area (Å²) in [6.45, 7) is 1.87. The molecule has 0 saturated heterocycles. The molecule has 5 nitrogen and oxygen atoms in total. The number of hydrogen-bond donors (Lipinski definition) is 1. The SMILES string of the molecule is CCC(=O)N[C@@H]1CCCc2c(-c3ccc4nc(C#N)ccc4c3)cncc21. The number of rotatable bonds is 3. The van der Waals surface area contributed by atoms with Crippen molar-refractivity contribution in [2.45, 2.75) is 38.6 Å². The second-order valence-corrected chi connectivity index (χ2v) is 6.84. The average molecular weight is 356 g/mol. The Hall–Kier alpha value is -3.26. The lowest BCUT2D eigenvalue weighted by molar-refractivity contribution is -0.121. The Labute approximate surface area is 158 Å². The second kappa shape index (κ2) is 7.16. The van der Waals surface area contributed by atoms with E-state index in [-0.39, 0.29) is 11.9 Å². The highest BCUT2D eigenvalue weighted by Crippen LogP contribution is 2.36. The van der Waals surface area contributed by atoms with Gasteiger partial charge in [-0.15, -0.1) is 0 Å². The quantitative estimate of drug-likeness (QED) is 0.767. The van der Waals surface area contributed by atoms with Crippen LogP contribution in [-0.4, -0.2) is 15.9 Å². The molecule has 1 amide bonds. The summed E-state index contributed by atoms with van der Waals surface area (Å²) in [4.78, 5) is 20.7. The molecule has 0 aliphatic heterocycles. The number of amides is 1. The monoisotopic (exact) mass is 356 g/mol. The maximum atomic E-state index is 11.9. The zero-order valence-corrected chi connectivity index (χ0v) is 15.2. The summed E-state index contributed by atoms with van der Waals surface area (Å²) in [7, 11) is 0. The van der Waals surface area contributed by atoms with Crippen molar-refractivity contribution in [2.75, 3.05) is 0 Å². The van der Waals surface area contributed by atoms with Crippen molar-refractivity contribution in [3.63, 3.8) is 0 Å². The van der Waals surface area contributed by atoms with Crippen molar-refractivity contribution in [3.8, 4) is 17.2 Å². The topological polar surface area (TPSA) is 78.7 Å². The van der Waals surface area contributed by atoms with Gasteiger partial charge in [0, 0.05) is 29.8 Å². The van der Waals surface area contributed by atoms with Gasteiger partial charge in [-0.05, 0) is 60.2 Å². The molecule has 2 heterocycles. The lowest BCUT2D eigenvalue weighted by Crippen LogP contribution is -2.30. The molecule has 134 valence electrons. The molecule has 0 radical (unpaired) electrons. The molecule has 2 aromatic heterocycles. The molecule has 3 aromatic rings. The molecule has 0 spiro atoms. The minimum Gasteiger partial charge on any atom is -0.349 e. The molecule has 1 aromatic carbocycles. The Bertz CT molecular complexity index is 1070. The number of fused-ring (bicyclic) bond motifs is 2. The van der Waals surface area contributed by atoms with Crippen LogP contribution < -0.4 is 5.32 Å². The molecule has 0 fully saturated rings. The molecule has 5 heteroatoms. The highest BCUT2D eigenvalue weighted by atomic mass is 16.1. The van der Waals surface area contributed by atoms with Crippen LogP contribution in [-0.2, 0) is 11.2 Å². The third kappa shape index (κ3) is 3.26. The number of carbonyl (C=O) groups is 1. The van der Waals surface area contributed by atoms with Gasteiger partial charge in [-0.3, -0.25) is 9.78 Å². The number of nitrogens with zero attached hydrogens (tertiary/aromatic N) is 3. The minimum absolute atomic E-state index is 0.0361. The Balaban J connectivity index is 1.77. The minimum atomic E-state index is 0.0361. The molecular weight excluding hydrogens is 336 g/mol. The summed E-state index contributed by atoms with van der Waals surface area (Å²) >= 11 is 0. The number of hydrogen-bond acceptors (Lipinski definition) is 4. The van der Waals surface area contributed by atoms with E-state index in [0.29, 0.717) is 12.1 Å². The number of pyridine rings is 2. The zero-order chi connectivity index (χ0) is 18.8. The van der Waals surface area contributed by atoms with Gasteiger partial charge in [-0.25, -0.2) is 4.98 Å². The van der Waals surface area contributed by atoms with Gasteiger partial charge in [0.25, 0.3) is 0 Å². The van der Waals surface area contributed by atoms with E-state index in [4.69, 9.17) is 5.26 Å². The first-order chi connectivity index (χ1) is 13.2. The summed E-state index contributed by atoms with van der Waals surface area (Å²) in [5, 5.41) is 13.1.